The van der Waals surface area contributed by atoms with E-state index in [1.54, 1.807) is 6.92 Å². The summed E-state index contributed by atoms with van der Waals surface area (Å²) in [4.78, 5) is 35.1. The maximum absolute atomic E-state index is 12.6. The van der Waals surface area contributed by atoms with Crippen molar-refractivity contribution in [3.63, 3.8) is 0 Å². The van der Waals surface area contributed by atoms with Crippen molar-refractivity contribution in [3.8, 4) is 0 Å². The molecule has 3 heterocycles. The molecule has 2 saturated heterocycles. The highest BCUT2D eigenvalue weighted by atomic mass is 16.2. The monoisotopic (exact) mass is 358 g/mol. The van der Waals surface area contributed by atoms with Crippen molar-refractivity contribution in [3.05, 3.63) is 23.5 Å². The molecule has 0 radical (unpaired) electrons. The first-order chi connectivity index (χ1) is 12.4. The topological polar surface area (TPSA) is 56.8 Å². The molecule has 3 rings (SSSR count). The van der Waals surface area contributed by atoms with E-state index in [2.05, 4.69) is 17.0 Å². The Balaban J connectivity index is 1.80. The van der Waals surface area contributed by atoms with E-state index in [4.69, 9.17) is 4.98 Å². The van der Waals surface area contributed by atoms with Crippen LogP contribution in [0, 0.1) is 12.8 Å². The molecule has 2 amide bonds. The summed E-state index contributed by atoms with van der Waals surface area (Å²) in [5.74, 6) is 0.372. The van der Waals surface area contributed by atoms with Gasteiger partial charge in [-0.25, -0.2) is 0 Å². The van der Waals surface area contributed by atoms with E-state index in [0.717, 1.165) is 62.6 Å². The maximum atomic E-state index is 12.6. The molecule has 2 fully saturated rings. The van der Waals surface area contributed by atoms with Crippen LogP contribution in [-0.2, 0) is 9.59 Å². The Morgan fingerprint density at radius 1 is 1.12 bits per heavy atom. The zero-order valence-corrected chi connectivity index (χ0v) is 16.4. The summed E-state index contributed by atoms with van der Waals surface area (Å²) in [6, 6.07) is 4.34. The van der Waals surface area contributed by atoms with Crippen LogP contribution in [0.4, 0.5) is 5.69 Å². The summed E-state index contributed by atoms with van der Waals surface area (Å²) in [5, 5.41) is 0. The third-order valence-electron chi connectivity index (χ3n) is 5.42. The summed E-state index contributed by atoms with van der Waals surface area (Å²) in [6.45, 7) is 11.6. The Hall–Kier alpha value is -2.11. The minimum absolute atomic E-state index is 0.0135. The molecule has 2 aliphatic heterocycles. The molecule has 6 nitrogen and oxygen atoms in total. The molecule has 0 spiro atoms. The Morgan fingerprint density at radius 3 is 2.42 bits per heavy atom. The van der Waals surface area contributed by atoms with Gasteiger partial charge in [-0.15, -0.1) is 0 Å². The van der Waals surface area contributed by atoms with Crippen molar-refractivity contribution in [1.82, 2.24) is 14.8 Å². The molecule has 6 heteroatoms. The first kappa shape index (κ1) is 18.7. The van der Waals surface area contributed by atoms with Gasteiger partial charge in [0, 0.05) is 56.9 Å². The van der Waals surface area contributed by atoms with Gasteiger partial charge in [0.2, 0.25) is 11.8 Å². The number of likely N-dealkylation sites (tertiary alicyclic amines) is 1. The van der Waals surface area contributed by atoms with E-state index in [0.29, 0.717) is 0 Å². The summed E-state index contributed by atoms with van der Waals surface area (Å²) in [6.07, 6.45) is 2.01. The minimum Gasteiger partial charge on any atom is -0.368 e. The first-order valence-corrected chi connectivity index (χ1v) is 9.66. The second kappa shape index (κ2) is 7.64. The van der Waals surface area contributed by atoms with E-state index in [-0.39, 0.29) is 23.8 Å². The standard InChI is InChI=1S/C20H30N4O2/c1-14(2)20(26)24-7-5-6-19(24)18-13-17(12-15(3)21-18)23-10-8-22(9-11-23)16(4)25/h12-14,19H,5-11H2,1-4H3. The van der Waals surface area contributed by atoms with Crippen LogP contribution in [-0.4, -0.2) is 59.3 Å². The van der Waals surface area contributed by atoms with Gasteiger partial charge in [-0.05, 0) is 31.9 Å². The van der Waals surface area contributed by atoms with Crippen molar-refractivity contribution in [2.45, 2.75) is 46.6 Å². The van der Waals surface area contributed by atoms with Crippen LogP contribution in [0.15, 0.2) is 12.1 Å². The Bertz CT molecular complexity index is 680. The Morgan fingerprint density at radius 2 is 1.81 bits per heavy atom. The molecule has 0 N–H and O–H groups in total. The normalized spacial score (nSPS) is 20.8. The number of carbonyl (C=O) groups excluding carboxylic acids is 2. The number of hydrogen-bond donors (Lipinski definition) is 0. The average molecular weight is 358 g/mol. The number of carbonyl (C=O) groups is 2. The number of rotatable bonds is 3. The lowest BCUT2D eigenvalue weighted by Gasteiger charge is -2.36. The SMILES string of the molecule is CC(=O)N1CCN(c2cc(C)nc(C3CCCN3C(=O)C(C)C)c2)CC1. The molecule has 1 aromatic heterocycles. The van der Waals surface area contributed by atoms with Crippen molar-refractivity contribution < 1.29 is 9.59 Å². The predicted octanol–water partition coefficient (Wildman–Crippen LogP) is 2.38. The van der Waals surface area contributed by atoms with Crippen molar-refractivity contribution >= 4 is 17.5 Å². The fourth-order valence-corrected chi connectivity index (χ4v) is 3.98. The molecule has 1 aromatic rings. The molecule has 1 atom stereocenters. The maximum Gasteiger partial charge on any atom is 0.225 e. The van der Waals surface area contributed by atoms with E-state index < -0.39 is 0 Å². The van der Waals surface area contributed by atoms with Gasteiger partial charge in [-0.2, -0.15) is 0 Å². The third-order valence-corrected chi connectivity index (χ3v) is 5.42. The number of aryl methyl sites for hydroxylation is 1. The largest absolute Gasteiger partial charge is 0.368 e. The number of aromatic nitrogens is 1. The second-order valence-corrected chi connectivity index (χ2v) is 7.73. The number of pyridine rings is 1. The van der Waals surface area contributed by atoms with E-state index in [1.165, 1.54) is 0 Å². The highest BCUT2D eigenvalue weighted by molar-refractivity contribution is 5.79. The summed E-state index contributed by atoms with van der Waals surface area (Å²) in [7, 11) is 0. The van der Waals surface area contributed by atoms with Crippen LogP contribution in [0.2, 0.25) is 0 Å². The lowest BCUT2D eigenvalue weighted by atomic mass is 10.1. The number of anilines is 1. The minimum atomic E-state index is 0.0135. The fourth-order valence-electron chi connectivity index (χ4n) is 3.98. The molecule has 0 aliphatic carbocycles. The van der Waals surface area contributed by atoms with Crippen LogP contribution >= 0.6 is 0 Å². The highest BCUT2D eigenvalue weighted by Crippen LogP contribution is 2.34. The Labute approximate surface area is 156 Å². The van der Waals surface area contributed by atoms with Crippen LogP contribution in [0.1, 0.15) is 51.0 Å². The van der Waals surface area contributed by atoms with E-state index in [1.807, 2.05) is 30.6 Å². The van der Waals surface area contributed by atoms with Gasteiger partial charge in [0.25, 0.3) is 0 Å². The first-order valence-electron chi connectivity index (χ1n) is 9.66. The van der Waals surface area contributed by atoms with Gasteiger partial charge >= 0.3 is 0 Å². The molecule has 2 aliphatic rings. The quantitative estimate of drug-likeness (QED) is 0.832. The zero-order chi connectivity index (χ0) is 18.8. The van der Waals surface area contributed by atoms with Crippen LogP contribution in [0.3, 0.4) is 0 Å². The molecule has 142 valence electrons. The molecular weight excluding hydrogens is 328 g/mol. The van der Waals surface area contributed by atoms with Gasteiger partial charge in [0.05, 0.1) is 11.7 Å². The fraction of sp³-hybridized carbons (Fsp3) is 0.650. The molecule has 0 bridgehead atoms. The number of amides is 2. The van der Waals surface area contributed by atoms with Crippen molar-refractivity contribution in [2.75, 3.05) is 37.6 Å². The lowest BCUT2D eigenvalue weighted by molar-refractivity contribution is -0.135. The molecule has 1 unspecified atom stereocenters. The number of piperazine rings is 1. The summed E-state index contributed by atoms with van der Waals surface area (Å²) < 4.78 is 0. The molecule has 0 saturated carbocycles. The van der Waals surface area contributed by atoms with Gasteiger partial charge in [-0.1, -0.05) is 13.8 Å². The zero-order valence-electron chi connectivity index (χ0n) is 16.4. The lowest BCUT2D eigenvalue weighted by Crippen LogP contribution is -2.48. The van der Waals surface area contributed by atoms with Crippen LogP contribution in [0.25, 0.3) is 0 Å². The predicted molar refractivity (Wildman–Crippen MR) is 102 cm³/mol. The molecule has 0 aromatic carbocycles. The summed E-state index contributed by atoms with van der Waals surface area (Å²) in [5.41, 5.74) is 3.13. The smallest absolute Gasteiger partial charge is 0.225 e. The van der Waals surface area contributed by atoms with Gasteiger partial charge in [-0.3, -0.25) is 14.6 Å². The van der Waals surface area contributed by atoms with Crippen molar-refractivity contribution in [2.24, 2.45) is 5.92 Å². The van der Waals surface area contributed by atoms with Crippen LogP contribution < -0.4 is 4.90 Å². The molecular formula is C20H30N4O2. The third kappa shape index (κ3) is 3.84. The average Bonchev–Trinajstić information content (AvgIpc) is 3.10. The van der Waals surface area contributed by atoms with E-state index in [9.17, 15) is 9.59 Å². The van der Waals surface area contributed by atoms with Gasteiger partial charge in [0.1, 0.15) is 0 Å². The van der Waals surface area contributed by atoms with Gasteiger partial charge in [0.15, 0.2) is 0 Å². The Kier molecular flexibility index (Phi) is 5.49. The number of nitrogens with zero attached hydrogens (tertiary/aromatic N) is 4. The number of hydrogen-bond acceptors (Lipinski definition) is 4. The van der Waals surface area contributed by atoms with E-state index >= 15 is 0 Å². The second-order valence-electron chi connectivity index (χ2n) is 7.73. The highest BCUT2D eigenvalue weighted by Gasteiger charge is 2.32. The van der Waals surface area contributed by atoms with Crippen molar-refractivity contribution in [1.29, 1.82) is 0 Å². The van der Waals surface area contributed by atoms with Gasteiger partial charge < -0.3 is 14.7 Å². The molecule has 26 heavy (non-hydrogen) atoms. The van der Waals surface area contributed by atoms with Crippen LogP contribution in [0.5, 0.6) is 0 Å². The summed E-state index contributed by atoms with van der Waals surface area (Å²) >= 11 is 0.